The first kappa shape index (κ1) is 14.5. The molecule has 0 aromatic rings. The Hall–Kier alpha value is -0.120. The number of hydrogen-bond donors (Lipinski definition) is 0. The van der Waals surface area contributed by atoms with Crippen LogP contribution in [-0.4, -0.2) is 35.6 Å². The van der Waals surface area contributed by atoms with Crippen LogP contribution >= 0.6 is 0 Å². The molecule has 0 aromatic carbocycles. The molecular weight excluding hydrogens is 264 g/mol. The van der Waals surface area contributed by atoms with Crippen LogP contribution in [0.2, 0.25) is 0 Å². The van der Waals surface area contributed by atoms with Crippen LogP contribution in [-0.2, 0) is 14.2 Å². The van der Waals surface area contributed by atoms with Gasteiger partial charge in [-0.3, -0.25) is 0 Å². The maximum Gasteiger partial charge on any atom is 0.116 e. The molecule has 3 heteroatoms. The van der Waals surface area contributed by atoms with Crippen molar-refractivity contribution in [3.8, 4) is 0 Å². The van der Waals surface area contributed by atoms with Crippen LogP contribution < -0.4 is 0 Å². The Balaban J connectivity index is 1.95. The predicted octanol–water partition coefficient (Wildman–Crippen LogP) is 4.09. The Morgan fingerprint density at radius 2 is 2.05 bits per heavy atom. The van der Waals surface area contributed by atoms with Gasteiger partial charge in [-0.1, -0.05) is 13.3 Å². The van der Waals surface area contributed by atoms with E-state index in [0.717, 1.165) is 25.7 Å². The van der Waals surface area contributed by atoms with Crippen LogP contribution in [0.15, 0.2) is 0 Å². The first-order valence-corrected chi connectivity index (χ1v) is 8.54. The summed E-state index contributed by atoms with van der Waals surface area (Å²) in [6.07, 6.45) is 5.14. The number of fused-ring (bicyclic) bond motifs is 3. The molecule has 0 N–H and O–H groups in total. The van der Waals surface area contributed by atoms with Gasteiger partial charge in [-0.25, -0.2) is 0 Å². The van der Waals surface area contributed by atoms with Crippen LogP contribution in [0.1, 0.15) is 75.0 Å². The molecular formula is C18H32O3. The van der Waals surface area contributed by atoms with E-state index in [9.17, 15) is 0 Å². The van der Waals surface area contributed by atoms with E-state index in [1.165, 1.54) is 0 Å². The van der Waals surface area contributed by atoms with Gasteiger partial charge in [0.1, 0.15) is 17.3 Å². The second-order valence-electron chi connectivity index (χ2n) is 8.61. The summed E-state index contributed by atoms with van der Waals surface area (Å²) < 4.78 is 27.2. The molecule has 0 amide bonds. The molecule has 3 rings (SSSR count). The van der Waals surface area contributed by atoms with Crippen LogP contribution in [0, 0.1) is 5.41 Å². The molecule has 1 aliphatic heterocycles. The molecule has 2 aliphatic carbocycles. The number of rotatable bonds is 5. The van der Waals surface area contributed by atoms with E-state index in [2.05, 4.69) is 41.5 Å². The van der Waals surface area contributed by atoms with E-state index in [-0.39, 0.29) is 34.4 Å². The molecule has 0 aromatic heterocycles. The van der Waals surface area contributed by atoms with Gasteiger partial charge in [0.05, 0.1) is 19.7 Å². The minimum atomic E-state index is -0.486. The third kappa shape index (κ3) is 2.27. The highest BCUT2D eigenvalue weighted by molar-refractivity contribution is 5.33. The van der Waals surface area contributed by atoms with Gasteiger partial charge in [-0.2, -0.15) is 0 Å². The van der Waals surface area contributed by atoms with Crippen LogP contribution in [0.4, 0.5) is 0 Å². The third-order valence-corrected chi connectivity index (χ3v) is 5.26. The fourth-order valence-corrected chi connectivity index (χ4v) is 5.09. The second kappa shape index (κ2) is 4.69. The van der Waals surface area contributed by atoms with Gasteiger partial charge in [0.15, 0.2) is 0 Å². The Labute approximate surface area is 131 Å². The molecule has 0 radical (unpaired) electrons. The van der Waals surface area contributed by atoms with Gasteiger partial charge >= 0.3 is 0 Å². The number of ether oxygens (including phenoxy) is 3. The van der Waals surface area contributed by atoms with E-state index in [0.29, 0.717) is 6.42 Å². The fraction of sp³-hybridized carbons (Fsp3) is 1.00. The topological polar surface area (TPSA) is 27.7 Å². The van der Waals surface area contributed by atoms with E-state index in [1.54, 1.807) is 0 Å². The summed E-state index contributed by atoms with van der Waals surface area (Å²) in [6.45, 7) is 12.3. The first-order valence-electron chi connectivity index (χ1n) is 9.12. The lowest BCUT2D eigenvalue weighted by molar-refractivity contribution is -0.182. The van der Waals surface area contributed by atoms with Crippen molar-refractivity contribution in [2.24, 2.45) is 5.41 Å². The summed E-state index contributed by atoms with van der Waals surface area (Å²) in [5.41, 5.74) is -0.595. The Bertz CT molecular complexity index is 446. The van der Waals surface area contributed by atoms with E-state index in [4.69, 9.17) is 15.6 Å². The predicted molar refractivity (Wildman–Crippen MR) is 83.5 cm³/mol. The highest BCUT2D eigenvalue weighted by Gasteiger charge is 2.84. The molecule has 0 unspecified atom stereocenters. The SMILES string of the molecule is [3H][C@H]1C[C@@]2(OC(C)(C)C)C[C@]3(CCC)C[C@]3(OC(C)C)[C@H]2O1. The lowest BCUT2D eigenvalue weighted by atomic mass is 9.87. The third-order valence-electron chi connectivity index (χ3n) is 5.26. The minimum absolute atomic E-state index is 0.0873. The lowest BCUT2D eigenvalue weighted by Gasteiger charge is -2.39. The maximum atomic E-state index is 8.15. The van der Waals surface area contributed by atoms with Crippen LogP contribution in [0.3, 0.4) is 0 Å². The maximum absolute atomic E-state index is 8.15. The zero-order valence-electron chi connectivity index (χ0n) is 15.5. The summed E-state index contributed by atoms with van der Waals surface area (Å²) in [4.78, 5) is 0. The normalized spacial score (nSPS) is 49.2. The molecule has 0 bridgehead atoms. The van der Waals surface area contributed by atoms with Gasteiger partial charge in [-0.15, -0.1) is 0 Å². The van der Waals surface area contributed by atoms with Gasteiger partial charge in [0.25, 0.3) is 0 Å². The molecule has 122 valence electrons. The lowest BCUT2D eigenvalue weighted by Crippen LogP contribution is -2.49. The monoisotopic (exact) mass is 298 g/mol. The standard InChI is InChI=1S/C18H32O3/c1-7-8-16-11-17(21-15(4,5)6)9-10-19-14(17)18(16,12-16)20-13(2)3/h13-14H,7-12H2,1-6H3/t14-,16+,17+,18-/m0/s1/i10T/t10-,14-,16+,17+,18-. The molecule has 1 heterocycles. The van der Waals surface area contributed by atoms with E-state index >= 15 is 0 Å². The Morgan fingerprint density at radius 3 is 2.62 bits per heavy atom. The van der Waals surface area contributed by atoms with Gasteiger partial charge in [0, 0.05) is 11.8 Å². The molecule has 21 heavy (non-hydrogen) atoms. The molecule has 1 saturated heterocycles. The highest BCUT2D eigenvalue weighted by Crippen LogP contribution is 2.76. The summed E-state index contributed by atoms with van der Waals surface area (Å²) >= 11 is 0. The zero-order chi connectivity index (χ0) is 16.4. The molecule has 0 spiro atoms. The van der Waals surface area contributed by atoms with Gasteiger partial charge < -0.3 is 14.2 Å². The van der Waals surface area contributed by atoms with Crippen molar-refractivity contribution < 1.29 is 15.6 Å². The largest absolute Gasteiger partial charge is 0.372 e. The van der Waals surface area contributed by atoms with Crippen molar-refractivity contribution in [2.75, 3.05) is 6.58 Å². The smallest absolute Gasteiger partial charge is 0.116 e. The highest BCUT2D eigenvalue weighted by atomic mass is 16.6. The first-order chi connectivity index (χ1) is 10.1. The van der Waals surface area contributed by atoms with E-state index < -0.39 is 6.58 Å². The fourth-order valence-electron chi connectivity index (χ4n) is 5.09. The van der Waals surface area contributed by atoms with Crippen molar-refractivity contribution in [3.05, 3.63) is 0 Å². The minimum Gasteiger partial charge on any atom is -0.372 e. The average molecular weight is 298 g/mol. The van der Waals surface area contributed by atoms with Crippen molar-refractivity contribution >= 4 is 0 Å². The molecule has 3 fully saturated rings. The molecule has 3 nitrogen and oxygen atoms in total. The van der Waals surface area contributed by atoms with Crippen molar-refractivity contribution in [2.45, 2.75) is 103 Å². The van der Waals surface area contributed by atoms with Crippen molar-refractivity contribution in [1.82, 2.24) is 0 Å². The average Bonchev–Trinajstić information content (AvgIpc) is 2.65. The summed E-state index contributed by atoms with van der Waals surface area (Å²) in [6, 6.07) is 0. The summed E-state index contributed by atoms with van der Waals surface area (Å²) in [5.74, 6) is 0. The molecule has 3 aliphatic rings. The van der Waals surface area contributed by atoms with Crippen LogP contribution in [0.25, 0.3) is 0 Å². The van der Waals surface area contributed by atoms with Crippen LogP contribution in [0.5, 0.6) is 0 Å². The second-order valence-corrected chi connectivity index (χ2v) is 8.61. The Morgan fingerprint density at radius 1 is 1.33 bits per heavy atom. The quantitative estimate of drug-likeness (QED) is 0.765. The molecule has 2 saturated carbocycles. The Kier molecular flexibility index (Phi) is 3.23. The molecule has 5 atom stereocenters. The number of hydrogen-bond acceptors (Lipinski definition) is 3. The summed E-state index contributed by atoms with van der Waals surface area (Å²) in [7, 11) is 0. The van der Waals surface area contributed by atoms with E-state index in [1.807, 2.05) is 0 Å². The summed E-state index contributed by atoms with van der Waals surface area (Å²) in [5, 5.41) is 0. The van der Waals surface area contributed by atoms with Gasteiger partial charge in [0.2, 0.25) is 0 Å². The zero-order valence-corrected chi connectivity index (χ0v) is 14.5. The van der Waals surface area contributed by atoms with Crippen molar-refractivity contribution in [3.63, 3.8) is 0 Å². The van der Waals surface area contributed by atoms with Crippen molar-refractivity contribution in [1.29, 1.82) is 0 Å². The van der Waals surface area contributed by atoms with Gasteiger partial charge in [-0.05, 0) is 53.9 Å².